The fraction of sp³-hybridized carbons (Fsp3) is 0.500. The first-order valence-electron chi connectivity index (χ1n) is 5.35. The summed E-state index contributed by atoms with van der Waals surface area (Å²) in [5, 5.41) is 0. The average molecular weight is 207 g/mol. The van der Waals surface area contributed by atoms with E-state index in [0.29, 0.717) is 6.61 Å². The summed E-state index contributed by atoms with van der Waals surface area (Å²) in [4.78, 5) is 0. The summed E-state index contributed by atoms with van der Waals surface area (Å²) >= 11 is 0. The topological polar surface area (TPSA) is 44.5 Å². The number of hydrogen-bond donors (Lipinski definition) is 1. The van der Waals surface area contributed by atoms with E-state index in [-0.39, 0.29) is 12.1 Å². The highest BCUT2D eigenvalue weighted by Gasteiger charge is 2.17. The van der Waals surface area contributed by atoms with Gasteiger partial charge in [-0.2, -0.15) is 0 Å². The molecule has 2 rings (SSSR count). The zero-order chi connectivity index (χ0) is 10.7. The van der Waals surface area contributed by atoms with E-state index in [9.17, 15) is 0 Å². The molecule has 1 aliphatic rings. The molecule has 3 heteroatoms. The van der Waals surface area contributed by atoms with E-state index < -0.39 is 0 Å². The maximum atomic E-state index is 5.81. The molecule has 1 heterocycles. The number of hydrogen-bond acceptors (Lipinski definition) is 3. The molecule has 2 atom stereocenters. The summed E-state index contributed by atoms with van der Waals surface area (Å²) in [7, 11) is 0. The van der Waals surface area contributed by atoms with Gasteiger partial charge in [0.1, 0.15) is 11.9 Å². The third-order valence-electron chi connectivity index (χ3n) is 2.57. The summed E-state index contributed by atoms with van der Waals surface area (Å²) in [6.07, 6.45) is 1.18. The molecule has 1 saturated heterocycles. The summed E-state index contributed by atoms with van der Waals surface area (Å²) in [6.45, 7) is 3.47. The van der Waals surface area contributed by atoms with Crippen LogP contribution in [0.5, 0.6) is 5.75 Å². The second-order valence-electron chi connectivity index (χ2n) is 3.96. The van der Waals surface area contributed by atoms with Crippen LogP contribution < -0.4 is 10.5 Å². The van der Waals surface area contributed by atoms with Gasteiger partial charge in [-0.15, -0.1) is 0 Å². The van der Waals surface area contributed by atoms with E-state index >= 15 is 0 Å². The van der Waals surface area contributed by atoms with Gasteiger partial charge in [0, 0.05) is 12.5 Å². The van der Waals surface area contributed by atoms with Gasteiger partial charge in [0.15, 0.2) is 0 Å². The molecule has 0 radical (unpaired) electrons. The van der Waals surface area contributed by atoms with Crippen LogP contribution in [0.4, 0.5) is 0 Å². The zero-order valence-corrected chi connectivity index (χ0v) is 8.98. The maximum Gasteiger partial charge on any atom is 0.124 e. The standard InChI is InChI=1S/C12H17NO2/c1-9(13)10-3-2-4-11(7-10)15-12-5-6-14-8-12/h2-4,7,9,12H,5-6,8,13H2,1H3/t9-,12-/m1/s1. The molecule has 0 aromatic heterocycles. The fourth-order valence-electron chi connectivity index (χ4n) is 1.67. The smallest absolute Gasteiger partial charge is 0.124 e. The predicted molar refractivity (Wildman–Crippen MR) is 58.9 cm³/mol. The summed E-state index contributed by atoms with van der Waals surface area (Å²) < 4.78 is 11.0. The Bertz CT molecular complexity index is 319. The van der Waals surface area contributed by atoms with E-state index in [1.165, 1.54) is 0 Å². The quantitative estimate of drug-likeness (QED) is 0.823. The summed E-state index contributed by atoms with van der Waals surface area (Å²) in [6, 6.07) is 8.01. The monoisotopic (exact) mass is 207 g/mol. The van der Waals surface area contributed by atoms with Gasteiger partial charge in [-0.05, 0) is 24.6 Å². The molecular formula is C12H17NO2. The Hall–Kier alpha value is -1.06. The van der Waals surface area contributed by atoms with Crippen LogP contribution in [0.2, 0.25) is 0 Å². The first kappa shape index (κ1) is 10.5. The Morgan fingerprint density at radius 3 is 3.07 bits per heavy atom. The van der Waals surface area contributed by atoms with Crippen molar-refractivity contribution >= 4 is 0 Å². The van der Waals surface area contributed by atoms with Crippen LogP contribution in [0.15, 0.2) is 24.3 Å². The molecule has 15 heavy (non-hydrogen) atoms. The Morgan fingerprint density at radius 1 is 1.53 bits per heavy atom. The van der Waals surface area contributed by atoms with Crippen molar-refractivity contribution in [2.24, 2.45) is 5.73 Å². The van der Waals surface area contributed by atoms with E-state index in [2.05, 4.69) is 0 Å². The highest BCUT2D eigenvalue weighted by atomic mass is 16.5. The highest BCUT2D eigenvalue weighted by molar-refractivity contribution is 5.30. The van der Waals surface area contributed by atoms with Crippen LogP contribution in [0.1, 0.15) is 24.9 Å². The molecule has 2 N–H and O–H groups in total. The summed E-state index contributed by atoms with van der Waals surface area (Å²) in [5.74, 6) is 0.889. The van der Waals surface area contributed by atoms with Crippen LogP contribution in [-0.2, 0) is 4.74 Å². The average Bonchev–Trinajstić information content (AvgIpc) is 2.71. The second kappa shape index (κ2) is 4.64. The minimum Gasteiger partial charge on any atom is -0.488 e. The lowest BCUT2D eigenvalue weighted by Crippen LogP contribution is -2.16. The third-order valence-corrected chi connectivity index (χ3v) is 2.57. The number of benzene rings is 1. The van der Waals surface area contributed by atoms with E-state index in [4.69, 9.17) is 15.2 Å². The van der Waals surface area contributed by atoms with Crippen LogP contribution >= 0.6 is 0 Å². The van der Waals surface area contributed by atoms with Crippen LogP contribution in [-0.4, -0.2) is 19.3 Å². The zero-order valence-electron chi connectivity index (χ0n) is 8.98. The molecule has 0 bridgehead atoms. The highest BCUT2D eigenvalue weighted by Crippen LogP contribution is 2.20. The Kier molecular flexibility index (Phi) is 3.23. The Balaban J connectivity index is 2.04. The van der Waals surface area contributed by atoms with Gasteiger partial charge >= 0.3 is 0 Å². The molecule has 1 aromatic carbocycles. The number of rotatable bonds is 3. The molecule has 0 unspecified atom stereocenters. The van der Waals surface area contributed by atoms with Gasteiger partial charge in [0.05, 0.1) is 13.2 Å². The van der Waals surface area contributed by atoms with Gasteiger partial charge in [-0.25, -0.2) is 0 Å². The van der Waals surface area contributed by atoms with E-state index in [1.54, 1.807) is 0 Å². The van der Waals surface area contributed by atoms with E-state index in [0.717, 1.165) is 24.3 Å². The number of ether oxygens (including phenoxy) is 2. The van der Waals surface area contributed by atoms with Crippen molar-refractivity contribution in [3.8, 4) is 5.75 Å². The fourth-order valence-corrected chi connectivity index (χ4v) is 1.67. The molecular weight excluding hydrogens is 190 g/mol. The molecule has 82 valence electrons. The lowest BCUT2D eigenvalue weighted by Gasteiger charge is -2.13. The van der Waals surface area contributed by atoms with Gasteiger partial charge in [-0.3, -0.25) is 0 Å². The maximum absolute atomic E-state index is 5.81. The van der Waals surface area contributed by atoms with Gasteiger partial charge < -0.3 is 15.2 Å². The first-order valence-corrected chi connectivity index (χ1v) is 5.35. The molecule has 1 aliphatic heterocycles. The SMILES string of the molecule is C[C@@H](N)c1cccc(O[C@@H]2CCOC2)c1. The van der Waals surface area contributed by atoms with Crippen molar-refractivity contribution < 1.29 is 9.47 Å². The largest absolute Gasteiger partial charge is 0.488 e. The van der Waals surface area contributed by atoms with Crippen LogP contribution in [0, 0.1) is 0 Å². The minimum absolute atomic E-state index is 0.0494. The Morgan fingerprint density at radius 2 is 2.40 bits per heavy atom. The minimum atomic E-state index is 0.0494. The van der Waals surface area contributed by atoms with Crippen molar-refractivity contribution in [1.82, 2.24) is 0 Å². The molecule has 0 aliphatic carbocycles. The van der Waals surface area contributed by atoms with E-state index in [1.807, 2.05) is 31.2 Å². The van der Waals surface area contributed by atoms with Crippen molar-refractivity contribution in [2.75, 3.05) is 13.2 Å². The van der Waals surface area contributed by atoms with Crippen LogP contribution in [0.25, 0.3) is 0 Å². The molecule has 3 nitrogen and oxygen atoms in total. The predicted octanol–water partition coefficient (Wildman–Crippen LogP) is 1.87. The second-order valence-corrected chi connectivity index (χ2v) is 3.96. The molecule has 1 aromatic rings. The van der Waals surface area contributed by atoms with Crippen molar-refractivity contribution in [3.05, 3.63) is 29.8 Å². The van der Waals surface area contributed by atoms with Crippen molar-refractivity contribution in [2.45, 2.75) is 25.5 Å². The van der Waals surface area contributed by atoms with Crippen molar-refractivity contribution in [1.29, 1.82) is 0 Å². The van der Waals surface area contributed by atoms with Gasteiger partial charge in [0.2, 0.25) is 0 Å². The molecule has 1 fully saturated rings. The normalized spacial score (nSPS) is 22.7. The molecule has 0 saturated carbocycles. The third kappa shape index (κ3) is 2.70. The lowest BCUT2D eigenvalue weighted by atomic mass is 10.1. The molecule has 0 amide bonds. The van der Waals surface area contributed by atoms with Gasteiger partial charge in [-0.1, -0.05) is 12.1 Å². The van der Waals surface area contributed by atoms with Gasteiger partial charge in [0.25, 0.3) is 0 Å². The summed E-state index contributed by atoms with van der Waals surface area (Å²) in [5.41, 5.74) is 6.91. The van der Waals surface area contributed by atoms with Crippen molar-refractivity contribution in [3.63, 3.8) is 0 Å². The Labute approximate surface area is 90.2 Å². The lowest BCUT2D eigenvalue weighted by molar-refractivity contribution is 0.141. The molecule has 0 spiro atoms. The number of nitrogens with two attached hydrogens (primary N) is 1. The van der Waals surface area contributed by atoms with Crippen LogP contribution in [0.3, 0.4) is 0 Å². The first-order chi connectivity index (χ1) is 7.25.